The SMILES string of the molecule is Oc1c(Br)cccc1C=Nc1cc(N=Cc2cccc(Br)c2O)c(N=Cc2cccc(Br)c2O)cc1N=Cc1cccc(Br)c1O. The monoisotopic (exact) mass is 866 g/mol. The fraction of sp³-hybridized carbons (Fsp3) is 0. The molecule has 0 atom stereocenters. The van der Waals surface area contributed by atoms with Crippen molar-refractivity contribution in [3.05, 3.63) is 125 Å². The Morgan fingerprint density at radius 3 is 0.804 bits per heavy atom. The normalized spacial score (nSPS) is 11.9. The van der Waals surface area contributed by atoms with Crippen LogP contribution in [0.5, 0.6) is 23.0 Å². The fourth-order valence-corrected chi connectivity index (χ4v) is 5.60. The zero-order chi connectivity index (χ0) is 32.8. The molecule has 0 aliphatic rings. The molecule has 12 heteroatoms. The number of halogens is 4. The van der Waals surface area contributed by atoms with E-state index < -0.39 is 0 Å². The molecule has 0 aromatic heterocycles. The number of aliphatic imine (C=N–C) groups is 4. The van der Waals surface area contributed by atoms with Crippen LogP contribution in [0.25, 0.3) is 0 Å². The van der Waals surface area contributed by atoms with Crippen molar-refractivity contribution in [1.29, 1.82) is 0 Å². The first-order chi connectivity index (χ1) is 22.1. The van der Waals surface area contributed by atoms with Gasteiger partial charge in [-0.3, -0.25) is 20.0 Å². The lowest BCUT2D eigenvalue weighted by molar-refractivity contribution is 0.470. The Balaban J connectivity index is 1.69. The summed E-state index contributed by atoms with van der Waals surface area (Å²) in [6.07, 6.45) is 6.00. The van der Waals surface area contributed by atoms with Crippen LogP contribution in [0.2, 0.25) is 0 Å². The minimum Gasteiger partial charge on any atom is -0.506 e. The highest BCUT2D eigenvalue weighted by molar-refractivity contribution is 9.11. The quantitative estimate of drug-likeness (QED) is 0.116. The molecule has 4 N–H and O–H groups in total. The van der Waals surface area contributed by atoms with E-state index in [0.717, 1.165) is 0 Å². The second-order valence-corrected chi connectivity index (χ2v) is 13.0. The van der Waals surface area contributed by atoms with Crippen molar-refractivity contribution in [3.8, 4) is 23.0 Å². The van der Waals surface area contributed by atoms with E-state index in [1.807, 2.05) is 0 Å². The van der Waals surface area contributed by atoms with Crippen LogP contribution in [-0.4, -0.2) is 45.3 Å². The van der Waals surface area contributed by atoms with Crippen molar-refractivity contribution >= 4 is 111 Å². The lowest BCUT2D eigenvalue weighted by Crippen LogP contribution is -1.86. The van der Waals surface area contributed by atoms with Crippen LogP contribution in [0.1, 0.15) is 22.3 Å². The minimum absolute atomic E-state index is 0.0220. The largest absolute Gasteiger partial charge is 0.506 e. The van der Waals surface area contributed by atoms with Crippen LogP contribution in [0.3, 0.4) is 0 Å². The van der Waals surface area contributed by atoms with Gasteiger partial charge in [0.2, 0.25) is 0 Å². The fourth-order valence-electron chi connectivity index (χ4n) is 4.07. The van der Waals surface area contributed by atoms with Crippen LogP contribution >= 0.6 is 63.7 Å². The van der Waals surface area contributed by atoms with Gasteiger partial charge in [-0.25, -0.2) is 0 Å². The summed E-state index contributed by atoms with van der Waals surface area (Å²) in [6, 6.07) is 24.1. The number of rotatable bonds is 8. The molecule has 0 bridgehead atoms. The molecule has 5 aromatic rings. The van der Waals surface area contributed by atoms with E-state index in [1.54, 1.807) is 84.9 Å². The molecule has 0 radical (unpaired) electrons. The Labute approximate surface area is 297 Å². The van der Waals surface area contributed by atoms with Gasteiger partial charge in [0.1, 0.15) is 23.0 Å². The third kappa shape index (κ3) is 7.81. The van der Waals surface area contributed by atoms with Gasteiger partial charge in [0.25, 0.3) is 0 Å². The van der Waals surface area contributed by atoms with Gasteiger partial charge in [-0.05, 0) is 124 Å². The van der Waals surface area contributed by atoms with E-state index in [-0.39, 0.29) is 23.0 Å². The first-order valence-electron chi connectivity index (χ1n) is 13.4. The lowest BCUT2D eigenvalue weighted by atomic mass is 10.1. The predicted octanol–water partition coefficient (Wildman–Crippen LogP) is 10.6. The maximum absolute atomic E-state index is 10.5. The highest BCUT2D eigenvalue weighted by atomic mass is 79.9. The molecular formula is C34H22Br4N4O4. The van der Waals surface area contributed by atoms with Crippen LogP contribution in [0.4, 0.5) is 22.7 Å². The van der Waals surface area contributed by atoms with Crippen molar-refractivity contribution in [3.63, 3.8) is 0 Å². The molecule has 5 rings (SSSR count). The molecule has 8 nitrogen and oxygen atoms in total. The predicted molar refractivity (Wildman–Crippen MR) is 199 cm³/mol. The van der Waals surface area contributed by atoms with E-state index in [1.165, 1.54) is 24.9 Å². The first kappa shape index (κ1) is 33.3. The number of aromatic hydroxyl groups is 4. The summed E-state index contributed by atoms with van der Waals surface area (Å²) in [5.74, 6) is 0.0881. The summed E-state index contributed by atoms with van der Waals surface area (Å²) in [5.41, 5.74) is 3.35. The third-order valence-corrected chi connectivity index (χ3v) is 9.07. The number of nitrogens with zero attached hydrogens (tertiary/aromatic N) is 4. The average molecular weight is 870 g/mol. The average Bonchev–Trinajstić information content (AvgIpc) is 3.04. The van der Waals surface area contributed by atoms with Crippen molar-refractivity contribution in [2.24, 2.45) is 20.0 Å². The van der Waals surface area contributed by atoms with Crippen LogP contribution in [0.15, 0.2) is 123 Å². The van der Waals surface area contributed by atoms with Gasteiger partial charge in [-0.1, -0.05) is 24.3 Å². The molecule has 0 saturated heterocycles. The lowest BCUT2D eigenvalue weighted by Gasteiger charge is -2.09. The van der Waals surface area contributed by atoms with Gasteiger partial charge in [0, 0.05) is 47.1 Å². The maximum Gasteiger partial charge on any atom is 0.138 e. The molecule has 0 fully saturated rings. The summed E-state index contributed by atoms with van der Waals surface area (Å²) in [5, 5.41) is 42.1. The van der Waals surface area contributed by atoms with Crippen molar-refractivity contribution < 1.29 is 20.4 Å². The Hall–Kier alpha value is -4.10. The maximum atomic E-state index is 10.5. The molecule has 0 unspecified atom stereocenters. The molecule has 0 amide bonds. The summed E-state index contributed by atoms with van der Waals surface area (Å²) in [4.78, 5) is 18.6. The Morgan fingerprint density at radius 1 is 0.370 bits per heavy atom. The van der Waals surface area contributed by atoms with Crippen LogP contribution < -0.4 is 0 Å². The summed E-state index contributed by atoms with van der Waals surface area (Å²) in [6.45, 7) is 0. The molecule has 0 saturated carbocycles. The van der Waals surface area contributed by atoms with Crippen molar-refractivity contribution in [2.45, 2.75) is 0 Å². The third-order valence-electron chi connectivity index (χ3n) is 6.51. The minimum atomic E-state index is 0.0220. The second-order valence-electron chi connectivity index (χ2n) is 9.57. The Morgan fingerprint density at radius 2 is 0.587 bits per heavy atom. The van der Waals surface area contributed by atoms with Gasteiger partial charge in [-0.2, -0.15) is 0 Å². The topological polar surface area (TPSA) is 130 Å². The van der Waals surface area contributed by atoms with Crippen molar-refractivity contribution in [2.75, 3.05) is 0 Å². The van der Waals surface area contributed by atoms with E-state index >= 15 is 0 Å². The molecule has 0 spiro atoms. The number of para-hydroxylation sites is 4. The number of hydrogen-bond acceptors (Lipinski definition) is 8. The highest BCUT2D eigenvalue weighted by Gasteiger charge is 2.12. The first-order valence-corrected chi connectivity index (χ1v) is 16.5. The van der Waals surface area contributed by atoms with E-state index in [4.69, 9.17) is 0 Å². The van der Waals surface area contributed by atoms with Gasteiger partial charge in [0.05, 0.1) is 40.6 Å². The smallest absolute Gasteiger partial charge is 0.138 e. The molecular weight excluding hydrogens is 848 g/mol. The number of benzene rings is 5. The zero-order valence-electron chi connectivity index (χ0n) is 23.5. The standard InChI is InChI=1S/C34H22Br4N4O4/c35-23-9-1-5-19(31(23)43)15-39-27-13-29(41-17-21-7-3-11-25(37)33(21)45)30(42-18-22-8-4-12-26(38)34(22)46)14-28(27)40-16-20-6-2-10-24(36)32(20)44/h1-18,43-46H. The Bertz CT molecular complexity index is 1770. The Kier molecular flexibility index (Phi) is 10.8. The molecule has 230 valence electrons. The highest BCUT2D eigenvalue weighted by Crippen LogP contribution is 2.41. The number of phenolic OH excluding ortho intramolecular Hbond substituents is 4. The van der Waals surface area contributed by atoms with Gasteiger partial charge in [0.15, 0.2) is 0 Å². The molecule has 0 aliphatic heterocycles. The van der Waals surface area contributed by atoms with E-state index in [9.17, 15) is 20.4 Å². The summed E-state index contributed by atoms with van der Waals surface area (Å²) >= 11 is 13.3. The van der Waals surface area contributed by atoms with E-state index in [0.29, 0.717) is 62.9 Å². The van der Waals surface area contributed by atoms with Crippen LogP contribution in [0, 0.1) is 0 Å². The molecule has 0 heterocycles. The summed E-state index contributed by atoms with van der Waals surface area (Å²) in [7, 11) is 0. The molecule has 0 aliphatic carbocycles. The second kappa shape index (κ2) is 15.0. The van der Waals surface area contributed by atoms with Gasteiger partial charge in [-0.15, -0.1) is 0 Å². The van der Waals surface area contributed by atoms with E-state index in [2.05, 4.69) is 83.7 Å². The van der Waals surface area contributed by atoms with Gasteiger partial charge < -0.3 is 20.4 Å². The number of hydrogen-bond donors (Lipinski definition) is 4. The van der Waals surface area contributed by atoms with Crippen LogP contribution in [-0.2, 0) is 0 Å². The zero-order valence-corrected chi connectivity index (χ0v) is 29.8. The molecule has 46 heavy (non-hydrogen) atoms. The van der Waals surface area contributed by atoms with Crippen molar-refractivity contribution in [1.82, 2.24) is 0 Å². The summed E-state index contributed by atoms with van der Waals surface area (Å²) < 4.78 is 2.05. The van der Waals surface area contributed by atoms with Gasteiger partial charge >= 0.3 is 0 Å². The number of phenols is 4. The molecule has 5 aromatic carbocycles.